The topological polar surface area (TPSA) is 49.4 Å². The number of nitrogens with one attached hydrogen (secondary N) is 1. The van der Waals surface area contributed by atoms with E-state index in [1.54, 1.807) is 4.90 Å². The molecule has 2 aliphatic carbocycles. The molecule has 1 aliphatic heterocycles. The maximum Gasteiger partial charge on any atom is 0.242 e. The van der Waals surface area contributed by atoms with Crippen molar-refractivity contribution in [2.75, 3.05) is 19.6 Å². The van der Waals surface area contributed by atoms with Crippen LogP contribution in [0, 0.1) is 17.8 Å². The molecule has 16 heavy (non-hydrogen) atoms. The van der Waals surface area contributed by atoms with E-state index in [9.17, 15) is 9.59 Å². The molecule has 0 aromatic heterocycles. The molecule has 0 bridgehead atoms. The largest absolute Gasteiger partial charge is 0.345 e. The summed E-state index contributed by atoms with van der Waals surface area (Å²) < 4.78 is 0. The highest BCUT2D eigenvalue weighted by Gasteiger charge is 2.43. The third kappa shape index (κ3) is 2.06. The predicted molar refractivity (Wildman–Crippen MR) is 58.5 cm³/mol. The normalized spacial score (nSPS) is 26.2. The lowest BCUT2D eigenvalue weighted by atomic mass is 9.97. The zero-order valence-electron chi connectivity index (χ0n) is 9.45. The molecule has 1 saturated heterocycles. The highest BCUT2D eigenvalue weighted by Crippen LogP contribution is 2.49. The van der Waals surface area contributed by atoms with Crippen LogP contribution in [0.15, 0.2) is 0 Å². The van der Waals surface area contributed by atoms with E-state index in [1.165, 1.54) is 25.7 Å². The fourth-order valence-electron chi connectivity index (χ4n) is 2.76. The third-order valence-electron chi connectivity index (χ3n) is 4.01. The summed E-state index contributed by atoms with van der Waals surface area (Å²) in [6, 6.07) is 0. The van der Waals surface area contributed by atoms with E-state index in [-0.39, 0.29) is 24.9 Å². The second-order valence-electron chi connectivity index (χ2n) is 5.39. The number of carbonyl (C=O) groups is 2. The summed E-state index contributed by atoms with van der Waals surface area (Å²) in [5.74, 6) is 2.43. The average Bonchev–Trinajstić information content (AvgIpc) is 3.13. The molecular formula is C12H18N2O2. The Hall–Kier alpha value is -1.06. The fourth-order valence-corrected chi connectivity index (χ4v) is 2.76. The van der Waals surface area contributed by atoms with E-state index in [1.807, 2.05) is 0 Å². The van der Waals surface area contributed by atoms with Crippen molar-refractivity contribution >= 4 is 11.8 Å². The molecule has 88 valence electrons. The van der Waals surface area contributed by atoms with Crippen LogP contribution < -0.4 is 5.32 Å². The lowest BCUT2D eigenvalue weighted by molar-refractivity contribution is -0.141. The van der Waals surface area contributed by atoms with Gasteiger partial charge in [-0.2, -0.15) is 0 Å². The van der Waals surface area contributed by atoms with Gasteiger partial charge in [0.1, 0.15) is 0 Å². The van der Waals surface area contributed by atoms with Crippen LogP contribution in [0.2, 0.25) is 0 Å². The van der Waals surface area contributed by atoms with Crippen LogP contribution in [-0.4, -0.2) is 36.3 Å². The zero-order chi connectivity index (χ0) is 11.1. The van der Waals surface area contributed by atoms with Gasteiger partial charge < -0.3 is 10.2 Å². The Labute approximate surface area is 95.4 Å². The van der Waals surface area contributed by atoms with Crippen LogP contribution in [0.1, 0.15) is 25.7 Å². The highest BCUT2D eigenvalue weighted by atomic mass is 16.2. The SMILES string of the molecule is O=C1CN(CC(C2CC2)C2CC2)C(=O)CN1. The molecule has 3 rings (SSSR count). The van der Waals surface area contributed by atoms with Crippen LogP contribution >= 0.6 is 0 Å². The van der Waals surface area contributed by atoms with Gasteiger partial charge >= 0.3 is 0 Å². The number of hydrogen-bond acceptors (Lipinski definition) is 2. The maximum atomic E-state index is 11.7. The first kappa shape index (κ1) is 10.1. The predicted octanol–water partition coefficient (Wildman–Crippen LogP) is 0.381. The van der Waals surface area contributed by atoms with E-state index < -0.39 is 0 Å². The Kier molecular flexibility index (Phi) is 2.37. The van der Waals surface area contributed by atoms with Crippen molar-refractivity contribution in [3.63, 3.8) is 0 Å². The van der Waals surface area contributed by atoms with E-state index in [4.69, 9.17) is 0 Å². The van der Waals surface area contributed by atoms with Crippen LogP contribution in [0.3, 0.4) is 0 Å². The maximum absolute atomic E-state index is 11.7. The summed E-state index contributed by atoms with van der Waals surface area (Å²) in [5.41, 5.74) is 0. The third-order valence-corrected chi connectivity index (χ3v) is 4.01. The Balaban J connectivity index is 1.62. The average molecular weight is 222 g/mol. The number of amides is 2. The molecule has 0 radical (unpaired) electrons. The van der Waals surface area contributed by atoms with Crippen molar-refractivity contribution in [1.29, 1.82) is 0 Å². The van der Waals surface area contributed by atoms with Crippen LogP contribution in [0.5, 0.6) is 0 Å². The van der Waals surface area contributed by atoms with Gasteiger partial charge in [0.25, 0.3) is 0 Å². The van der Waals surface area contributed by atoms with Crippen molar-refractivity contribution in [3.8, 4) is 0 Å². The first-order valence-electron chi connectivity index (χ1n) is 6.28. The lowest BCUT2D eigenvalue weighted by Gasteiger charge is -2.30. The lowest BCUT2D eigenvalue weighted by Crippen LogP contribution is -2.53. The van der Waals surface area contributed by atoms with E-state index in [0.29, 0.717) is 5.92 Å². The van der Waals surface area contributed by atoms with Gasteiger partial charge in [-0.3, -0.25) is 9.59 Å². The van der Waals surface area contributed by atoms with Crippen LogP contribution in [0.4, 0.5) is 0 Å². The summed E-state index contributed by atoms with van der Waals surface area (Å²) in [5, 5.41) is 2.59. The van der Waals surface area contributed by atoms with Gasteiger partial charge in [0, 0.05) is 6.54 Å². The number of rotatable bonds is 4. The molecule has 0 unspecified atom stereocenters. The van der Waals surface area contributed by atoms with Gasteiger partial charge in [0.05, 0.1) is 13.1 Å². The molecule has 0 spiro atoms. The molecule has 0 atom stereocenters. The Morgan fingerprint density at radius 2 is 1.81 bits per heavy atom. The summed E-state index contributed by atoms with van der Waals surface area (Å²) in [6.45, 7) is 1.29. The van der Waals surface area contributed by atoms with Gasteiger partial charge in [-0.1, -0.05) is 0 Å². The molecule has 2 amide bonds. The molecule has 0 aromatic rings. The number of hydrogen-bond donors (Lipinski definition) is 1. The van der Waals surface area contributed by atoms with Gasteiger partial charge in [-0.05, 0) is 43.4 Å². The molecule has 4 nitrogen and oxygen atoms in total. The summed E-state index contributed by atoms with van der Waals surface area (Å²) in [7, 11) is 0. The van der Waals surface area contributed by atoms with Crippen molar-refractivity contribution < 1.29 is 9.59 Å². The van der Waals surface area contributed by atoms with Crippen molar-refractivity contribution in [3.05, 3.63) is 0 Å². The first-order valence-corrected chi connectivity index (χ1v) is 6.28. The molecule has 1 N–H and O–H groups in total. The monoisotopic (exact) mass is 222 g/mol. The Morgan fingerprint density at radius 3 is 2.38 bits per heavy atom. The fraction of sp³-hybridized carbons (Fsp3) is 0.833. The van der Waals surface area contributed by atoms with Crippen molar-refractivity contribution in [2.45, 2.75) is 25.7 Å². The van der Waals surface area contributed by atoms with E-state index >= 15 is 0 Å². The number of nitrogens with zero attached hydrogens (tertiary/aromatic N) is 1. The second kappa shape index (κ2) is 3.75. The van der Waals surface area contributed by atoms with E-state index in [2.05, 4.69) is 5.32 Å². The van der Waals surface area contributed by atoms with Gasteiger partial charge in [0.2, 0.25) is 11.8 Å². The molecule has 0 aromatic carbocycles. The molecular weight excluding hydrogens is 204 g/mol. The van der Waals surface area contributed by atoms with Crippen molar-refractivity contribution in [2.24, 2.45) is 17.8 Å². The number of piperazine rings is 1. The Morgan fingerprint density at radius 1 is 1.19 bits per heavy atom. The smallest absolute Gasteiger partial charge is 0.242 e. The minimum atomic E-state index is -0.00931. The molecule has 4 heteroatoms. The first-order chi connectivity index (χ1) is 7.74. The minimum absolute atomic E-state index is 0.00931. The van der Waals surface area contributed by atoms with Gasteiger partial charge in [-0.15, -0.1) is 0 Å². The second-order valence-corrected chi connectivity index (χ2v) is 5.39. The number of carbonyl (C=O) groups excluding carboxylic acids is 2. The standard InChI is InChI=1S/C12H18N2O2/c15-11-7-14(12(16)5-13-11)6-10(8-1-2-8)9-3-4-9/h8-10H,1-7H2,(H,13,15). The zero-order valence-corrected chi connectivity index (χ0v) is 9.45. The molecule has 3 fully saturated rings. The summed E-state index contributed by atoms with van der Waals surface area (Å²) in [6.07, 6.45) is 5.32. The molecule has 1 heterocycles. The van der Waals surface area contributed by atoms with E-state index in [0.717, 1.165) is 18.4 Å². The molecule has 3 aliphatic rings. The summed E-state index contributed by atoms with van der Waals surface area (Å²) >= 11 is 0. The highest BCUT2D eigenvalue weighted by molar-refractivity contribution is 5.92. The van der Waals surface area contributed by atoms with Crippen LogP contribution in [-0.2, 0) is 9.59 Å². The summed E-state index contributed by atoms with van der Waals surface area (Å²) in [4.78, 5) is 24.7. The van der Waals surface area contributed by atoms with Gasteiger partial charge in [0.15, 0.2) is 0 Å². The Bertz CT molecular complexity index is 309. The van der Waals surface area contributed by atoms with Crippen molar-refractivity contribution in [1.82, 2.24) is 10.2 Å². The quantitative estimate of drug-likeness (QED) is 0.747. The van der Waals surface area contributed by atoms with Gasteiger partial charge in [-0.25, -0.2) is 0 Å². The molecule has 2 saturated carbocycles. The van der Waals surface area contributed by atoms with Crippen LogP contribution in [0.25, 0.3) is 0 Å². The minimum Gasteiger partial charge on any atom is -0.345 e.